The summed E-state index contributed by atoms with van der Waals surface area (Å²) in [5.41, 5.74) is 6.36. The number of nitrogens with zero attached hydrogens (tertiary/aromatic N) is 1. The van der Waals surface area contributed by atoms with Crippen LogP contribution in [0.5, 0.6) is 0 Å². The summed E-state index contributed by atoms with van der Waals surface area (Å²) in [5.74, 6) is 0.795. The molecule has 0 saturated carbocycles. The fourth-order valence-corrected chi connectivity index (χ4v) is 1.38. The average Bonchev–Trinajstić information content (AvgIpc) is 2.09. The fourth-order valence-electron chi connectivity index (χ4n) is 1.38. The molecule has 2 heteroatoms. The highest BCUT2D eigenvalue weighted by Gasteiger charge is 2.20. The van der Waals surface area contributed by atoms with Crippen LogP contribution in [-0.4, -0.2) is 31.1 Å². The quantitative estimate of drug-likeness (QED) is 0.736. The molecule has 0 spiro atoms. The summed E-state index contributed by atoms with van der Waals surface area (Å²) >= 11 is 0. The zero-order valence-electron chi connectivity index (χ0n) is 11.5. The van der Waals surface area contributed by atoms with E-state index in [1.54, 1.807) is 0 Å². The Morgan fingerprint density at radius 1 is 1.07 bits per heavy atom. The van der Waals surface area contributed by atoms with Crippen LogP contribution in [0.25, 0.3) is 0 Å². The Morgan fingerprint density at radius 3 is 1.93 bits per heavy atom. The Bertz CT molecular complexity index is 158. The summed E-state index contributed by atoms with van der Waals surface area (Å²) in [6.45, 7) is 13.5. The molecule has 0 fully saturated rings. The summed E-state index contributed by atoms with van der Waals surface area (Å²) < 4.78 is 0. The van der Waals surface area contributed by atoms with E-state index < -0.39 is 0 Å². The highest BCUT2D eigenvalue weighted by molar-refractivity contribution is 4.77. The molecule has 0 aliphatic rings. The van der Waals surface area contributed by atoms with Crippen molar-refractivity contribution in [2.45, 2.75) is 53.5 Å². The van der Waals surface area contributed by atoms with E-state index in [9.17, 15) is 0 Å². The van der Waals surface area contributed by atoms with Gasteiger partial charge in [0, 0.05) is 6.04 Å². The molecule has 0 amide bonds. The third-order valence-corrected chi connectivity index (χ3v) is 3.02. The zero-order valence-corrected chi connectivity index (χ0v) is 11.5. The normalized spacial score (nSPS) is 15.0. The van der Waals surface area contributed by atoms with Gasteiger partial charge in [-0.05, 0) is 44.3 Å². The molecule has 1 atom stereocenters. The fraction of sp³-hybridized carbons (Fsp3) is 1.00. The van der Waals surface area contributed by atoms with Crippen molar-refractivity contribution in [2.24, 2.45) is 17.1 Å². The van der Waals surface area contributed by atoms with Crippen molar-refractivity contribution in [1.82, 2.24) is 4.90 Å². The lowest BCUT2D eigenvalue weighted by molar-refractivity contribution is 0.248. The van der Waals surface area contributed by atoms with Crippen molar-refractivity contribution in [1.29, 1.82) is 0 Å². The first-order valence-corrected chi connectivity index (χ1v) is 6.17. The Kier molecular flexibility index (Phi) is 6.46. The second kappa shape index (κ2) is 6.49. The molecule has 2 nitrogen and oxygen atoms in total. The highest BCUT2D eigenvalue weighted by atomic mass is 15.1. The van der Waals surface area contributed by atoms with Gasteiger partial charge in [0.15, 0.2) is 0 Å². The summed E-state index contributed by atoms with van der Waals surface area (Å²) in [7, 11) is 2.19. The van der Waals surface area contributed by atoms with E-state index in [2.05, 4.69) is 46.6 Å². The summed E-state index contributed by atoms with van der Waals surface area (Å²) in [4.78, 5) is 2.39. The molecular formula is C13H30N2. The number of hydrogen-bond acceptors (Lipinski definition) is 2. The summed E-state index contributed by atoms with van der Waals surface area (Å²) in [6, 6.07) is 0.305. The van der Waals surface area contributed by atoms with Gasteiger partial charge in [-0.1, -0.05) is 34.6 Å². The minimum Gasteiger partial charge on any atom is -0.327 e. The maximum Gasteiger partial charge on any atom is 0.00998 e. The lowest BCUT2D eigenvalue weighted by atomic mass is 9.85. The van der Waals surface area contributed by atoms with Gasteiger partial charge < -0.3 is 10.6 Å². The lowest BCUT2D eigenvalue weighted by Crippen LogP contribution is -2.38. The van der Waals surface area contributed by atoms with Crippen LogP contribution in [0.4, 0.5) is 0 Å². The van der Waals surface area contributed by atoms with Crippen LogP contribution in [0.3, 0.4) is 0 Å². The molecule has 0 radical (unpaired) electrons. The van der Waals surface area contributed by atoms with Gasteiger partial charge in [0.2, 0.25) is 0 Å². The zero-order chi connectivity index (χ0) is 12.1. The van der Waals surface area contributed by atoms with Gasteiger partial charge in [-0.2, -0.15) is 0 Å². The molecule has 92 valence electrons. The Balaban J connectivity index is 3.66. The molecule has 0 aromatic carbocycles. The summed E-state index contributed by atoms with van der Waals surface area (Å²) in [5, 5.41) is 0. The van der Waals surface area contributed by atoms with Gasteiger partial charge >= 0.3 is 0 Å². The predicted molar refractivity (Wildman–Crippen MR) is 69.0 cm³/mol. The van der Waals surface area contributed by atoms with Crippen molar-refractivity contribution in [3.05, 3.63) is 0 Å². The first-order chi connectivity index (χ1) is 6.73. The molecule has 0 bridgehead atoms. The number of hydrogen-bond donors (Lipinski definition) is 1. The summed E-state index contributed by atoms with van der Waals surface area (Å²) in [6.07, 6.45) is 2.37. The third-order valence-electron chi connectivity index (χ3n) is 3.02. The predicted octanol–water partition coefficient (Wildman–Crippen LogP) is 2.73. The van der Waals surface area contributed by atoms with Gasteiger partial charge in [0.25, 0.3) is 0 Å². The molecule has 1 unspecified atom stereocenters. The van der Waals surface area contributed by atoms with Crippen LogP contribution in [-0.2, 0) is 0 Å². The lowest BCUT2D eigenvalue weighted by Gasteiger charge is -2.29. The van der Waals surface area contributed by atoms with E-state index in [4.69, 9.17) is 5.73 Å². The Morgan fingerprint density at radius 2 is 1.53 bits per heavy atom. The average molecular weight is 214 g/mol. The molecular weight excluding hydrogens is 184 g/mol. The minimum atomic E-state index is 0.235. The van der Waals surface area contributed by atoms with E-state index in [1.165, 1.54) is 13.0 Å². The van der Waals surface area contributed by atoms with Crippen molar-refractivity contribution in [3.8, 4) is 0 Å². The molecule has 0 saturated heterocycles. The van der Waals surface area contributed by atoms with Crippen LogP contribution in [0.2, 0.25) is 0 Å². The maximum absolute atomic E-state index is 6.13. The van der Waals surface area contributed by atoms with Crippen molar-refractivity contribution < 1.29 is 0 Å². The van der Waals surface area contributed by atoms with E-state index in [0.29, 0.717) is 6.04 Å². The van der Waals surface area contributed by atoms with Gasteiger partial charge in [-0.3, -0.25) is 0 Å². The molecule has 0 aliphatic heterocycles. The van der Waals surface area contributed by atoms with Gasteiger partial charge in [0.1, 0.15) is 0 Å². The van der Waals surface area contributed by atoms with E-state index in [1.807, 2.05) is 0 Å². The topological polar surface area (TPSA) is 29.3 Å². The molecule has 0 heterocycles. The minimum absolute atomic E-state index is 0.235. The van der Waals surface area contributed by atoms with Crippen LogP contribution >= 0.6 is 0 Å². The molecule has 2 N–H and O–H groups in total. The number of nitrogens with two attached hydrogens (primary N) is 1. The molecule has 15 heavy (non-hydrogen) atoms. The van der Waals surface area contributed by atoms with Crippen molar-refractivity contribution in [3.63, 3.8) is 0 Å². The molecule has 0 aromatic rings. The Hall–Kier alpha value is -0.0800. The SMILES string of the molecule is CC(C)CCN(C)CCC(N)C(C)(C)C. The maximum atomic E-state index is 6.13. The van der Waals surface area contributed by atoms with Crippen LogP contribution in [0.1, 0.15) is 47.5 Å². The van der Waals surface area contributed by atoms with Crippen LogP contribution in [0.15, 0.2) is 0 Å². The van der Waals surface area contributed by atoms with Crippen molar-refractivity contribution in [2.75, 3.05) is 20.1 Å². The highest BCUT2D eigenvalue weighted by Crippen LogP contribution is 2.19. The molecule has 0 aliphatic carbocycles. The second-order valence-corrected chi connectivity index (χ2v) is 6.25. The van der Waals surface area contributed by atoms with Gasteiger partial charge in [0.05, 0.1) is 0 Å². The van der Waals surface area contributed by atoms with E-state index >= 15 is 0 Å². The molecule has 0 rings (SSSR count). The molecule has 0 aromatic heterocycles. The van der Waals surface area contributed by atoms with Gasteiger partial charge in [-0.15, -0.1) is 0 Å². The van der Waals surface area contributed by atoms with E-state index in [-0.39, 0.29) is 5.41 Å². The van der Waals surface area contributed by atoms with E-state index in [0.717, 1.165) is 18.9 Å². The van der Waals surface area contributed by atoms with Crippen LogP contribution in [0, 0.1) is 11.3 Å². The van der Waals surface area contributed by atoms with Crippen LogP contribution < -0.4 is 5.73 Å². The second-order valence-electron chi connectivity index (χ2n) is 6.25. The largest absolute Gasteiger partial charge is 0.327 e. The standard InChI is InChI=1S/C13H30N2/c1-11(2)7-9-15(6)10-8-12(14)13(3,4)5/h11-12H,7-10,14H2,1-6H3. The monoisotopic (exact) mass is 214 g/mol. The Labute approximate surface area is 96.2 Å². The first-order valence-electron chi connectivity index (χ1n) is 6.17. The number of rotatable bonds is 6. The first kappa shape index (κ1) is 14.9. The van der Waals surface area contributed by atoms with Gasteiger partial charge in [-0.25, -0.2) is 0 Å². The van der Waals surface area contributed by atoms with Crippen molar-refractivity contribution >= 4 is 0 Å². The smallest absolute Gasteiger partial charge is 0.00998 e. The third kappa shape index (κ3) is 7.80.